The van der Waals surface area contributed by atoms with Crippen LogP contribution in [0.5, 0.6) is 0 Å². The van der Waals surface area contributed by atoms with Crippen molar-refractivity contribution < 1.29 is 14.6 Å². The van der Waals surface area contributed by atoms with Crippen LogP contribution < -0.4 is 10.6 Å². The van der Waals surface area contributed by atoms with Crippen molar-refractivity contribution in [2.75, 3.05) is 6.54 Å². The molecule has 2 aromatic rings. The minimum Gasteiger partial charge on any atom is -0.442 e. The van der Waals surface area contributed by atoms with E-state index >= 15 is 0 Å². The van der Waals surface area contributed by atoms with Gasteiger partial charge >= 0.3 is 6.09 Å². The molecule has 1 aliphatic heterocycles. The molecule has 1 fully saturated rings. The number of hydrogen-bond donors (Lipinski definition) is 3. The van der Waals surface area contributed by atoms with Crippen molar-refractivity contribution in [1.82, 2.24) is 10.6 Å². The lowest BCUT2D eigenvalue weighted by atomic mass is 10.0. The first-order valence-corrected chi connectivity index (χ1v) is 8.64. The largest absolute Gasteiger partial charge is 0.442 e. The fourth-order valence-corrected chi connectivity index (χ4v) is 3.06. The second-order valence-corrected chi connectivity index (χ2v) is 6.56. The van der Waals surface area contributed by atoms with Gasteiger partial charge < -0.3 is 20.5 Å². The zero-order valence-electron chi connectivity index (χ0n) is 13.7. The van der Waals surface area contributed by atoms with E-state index in [1.54, 1.807) is 0 Å². The number of carbonyl (C=O) groups is 1. The molecule has 1 aliphatic rings. The average Bonchev–Trinajstić information content (AvgIpc) is 2.96. The van der Waals surface area contributed by atoms with Crippen molar-refractivity contribution in [3.8, 4) is 0 Å². The smallest absolute Gasteiger partial charge is 0.407 e. The summed E-state index contributed by atoms with van der Waals surface area (Å²) in [6.07, 6.45) is -1.20. The van der Waals surface area contributed by atoms with Gasteiger partial charge in [-0.25, -0.2) is 4.79 Å². The molecule has 0 aromatic heterocycles. The monoisotopic (exact) mass is 360 g/mol. The van der Waals surface area contributed by atoms with Crippen molar-refractivity contribution in [2.24, 2.45) is 0 Å². The Morgan fingerprint density at radius 2 is 1.88 bits per heavy atom. The van der Waals surface area contributed by atoms with Crippen molar-refractivity contribution in [2.45, 2.75) is 31.2 Å². The van der Waals surface area contributed by atoms with Gasteiger partial charge in [0.05, 0.1) is 6.04 Å². The molecular formula is C19H21ClN2O3. The third kappa shape index (κ3) is 4.95. The highest BCUT2D eigenvalue weighted by Gasteiger charge is 2.37. The minimum absolute atomic E-state index is 0.140. The lowest BCUT2D eigenvalue weighted by Crippen LogP contribution is -2.41. The van der Waals surface area contributed by atoms with Crippen LogP contribution in [0.25, 0.3) is 0 Å². The van der Waals surface area contributed by atoms with E-state index in [1.807, 2.05) is 54.6 Å². The predicted octanol–water partition coefficient (Wildman–Crippen LogP) is 2.51. The highest BCUT2D eigenvalue weighted by molar-refractivity contribution is 6.30. The quantitative estimate of drug-likeness (QED) is 0.766. The number of benzene rings is 2. The minimum atomic E-state index is -0.722. The van der Waals surface area contributed by atoms with Gasteiger partial charge in [0.1, 0.15) is 12.2 Å². The standard InChI is InChI=1S/C19H21ClN2O3/c20-15-8-6-13(7-9-15)10-16-18(17(23)12-21-16)25-19(24)22-11-14-4-2-1-3-5-14/h1-9,16-18,21,23H,10-12H2,(H,22,24)/t16-,17+,18+/m1/s1. The fourth-order valence-electron chi connectivity index (χ4n) is 2.93. The van der Waals surface area contributed by atoms with Crippen LogP contribution >= 0.6 is 11.6 Å². The van der Waals surface area contributed by atoms with Crippen LogP contribution in [-0.2, 0) is 17.7 Å². The first-order valence-electron chi connectivity index (χ1n) is 8.26. The SMILES string of the molecule is O=C(NCc1ccccc1)O[C@@H]1[C@@H](O)CN[C@@H]1Cc1ccc(Cl)cc1. The number of rotatable bonds is 5. The van der Waals surface area contributed by atoms with E-state index in [9.17, 15) is 9.90 Å². The second kappa shape index (κ2) is 8.34. The third-order valence-corrected chi connectivity index (χ3v) is 4.51. The maximum Gasteiger partial charge on any atom is 0.407 e. The number of carbonyl (C=O) groups excluding carboxylic acids is 1. The van der Waals surface area contributed by atoms with Crippen LogP contribution in [0.1, 0.15) is 11.1 Å². The fraction of sp³-hybridized carbons (Fsp3) is 0.316. The number of amides is 1. The average molecular weight is 361 g/mol. The summed E-state index contributed by atoms with van der Waals surface area (Å²) in [5.74, 6) is 0. The Hall–Kier alpha value is -2.08. The Bertz CT molecular complexity index is 694. The number of ether oxygens (including phenoxy) is 1. The van der Waals surface area contributed by atoms with E-state index in [4.69, 9.17) is 16.3 Å². The molecule has 3 rings (SSSR count). The van der Waals surface area contributed by atoms with E-state index in [-0.39, 0.29) is 6.04 Å². The molecule has 0 spiro atoms. The van der Waals surface area contributed by atoms with E-state index < -0.39 is 18.3 Å². The van der Waals surface area contributed by atoms with E-state index in [2.05, 4.69) is 10.6 Å². The Kier molecular flexibility index (Phi) is 5.91. The molecule has 25 heavy (non-hydrogen) atoms. The number of hydrogen-bond acceptors (Lipinski definition) is 4. The van der Waals surface area contributed by atoms with Gasteiger partial charge in [0, 0.05) is 18.1 Å². The number of alkyl carbamates (subject to hydrolysis) is 1. The Morgan fingerprint density at radius 3 is 2.60 bits per heavy atom. The number of aliphatic hydroxyl groups is 1. The molecule has 3 atom stereocenters. The summed E-state index contributed by atoms with van der Waals surface area (Å²) < 4.78 is 5.47. The molecule has 5 nitrogen and oxygen atoms in total. The Morgan fingerprint density at radius 1 is 1.16 bits per heavy atom. The Balaban J connectivity index is 1.55. The molecule has 0 saturated carbocycles. The lowest BCUT2D eigenvalue weighted by molar-refractivity contribution is 0.0188. The summed E-state index contributed by atoms with van der Waals surface area (Å²) in [7, 11) is 0. The maximum atomic E-state index is 12.1. The zero-order valence-corrected chi connectivity index (χ0v) is 14.4. The normalized spacial score (nSPS) is 22.6. The van der Waals surface area contributed by atoms with Crippen molar-refractivity contribution >= 4 is 17.7 Å². The predicted molar refractivity (Wildman–Crippen MR) is 96.5 cm³/mol. The van der Waals surface area contributed by atoms with Gasteiger partial charge in [-0.15, -0.1) is 0 Å². The molecule has 2 aromatic carbocycles. The summed E-state index contributed by atoms with van der Waals surface area (Å²) >= 11 is 5.90. The number of aliphatic hydroxyl groups excluding tert-OH is 1. The summed E-state index contributed by atoms with van der Waals surface area (Å²) in [6.45, 7) is 0.784. The summed E-state index contributed by atoms with van der Waals surface area (Å²) in [6, 6.07) is 17.0. The zero-order chi connectivity index (χ0) is 17.6. The molecule has 3 N–H and O–H groups in total. The van der Waals surface area contributed by atoms with Gasteiger partial charge in [0.15, 0.2) is 0 Å². The first kappa shape index (κ1) is 17.7. The first-order chi connectivity index (χ1) is 12.1. The van der Waals surface area contributed by atoms with E-state index in [0.29, 0.717) is 24.5 Å². The van der Waals surface area contributed by atoms with Gasteiger partial charge in [-0.1, -0.05) is 54.1 Å². The molecular weight excluding hydrogens is 340 g/mol. The number of β-amino-alcohol motifs (C(OH)–C–C–N with tert-alkyl or cyclic N) is 1. The molecule has 1 heterocycles. The van der Waals surface area contributed by atoms with Crippen LogP contribution in [0.15, 0.2) is 54.6 Å². The molecule has 0 aliphatic carbocycles. The topological polar surface area (TPSA) is 70.6 Å². The molecule has 6 heteroatoms. The summed E-state index contributed by atoms with van der Waals surface area (Å²) in [5, 5.41) is 16.7. The third-order valence-electron chi connectivity index (χ3n) is 4.26. The molecule has 132 valence electrons. The highest BCUT2D eigenvalue weighted by Crippen LogP contribution is 2.18. The second-order valence-electron chi connectivity index (χ2n) is 6.12. The van der Waals surface area contributed by atoms with Crippen LogP contribution in [0.2, 0.25) is 5.02 Å². The molecule has 0 bridgehead atoms. The van der Waals surface area contributed by atoms with Gasteiger partial charge in [0.25, 0.3) is 0 Å². The summed E-state index contributed by atoms with van der Waals surface area (Å²) in [5.41, 5.74) is 2.05. The highest BCUT2D eigenvalue weighted by atomic mass is 35.5. The van der Waals surface area contributed by atoms with Crippen LogP contribution in [0.3, 0.4) is 0 Å². The van der Waals surface area contributed by atoms with Gasteiger partial charge in [0.2, 0.25) is 0 Å². The van der Waals surface area contributed by atoms with Crippen LogP contribution in [0.4, 0.5) is 4.79 Å². The van der Waals surface area contributed by atoms with Crippen molar-refractivity contribution in [3.05, 3.63) is 70.7 Å². The van der Waals surface area contributed by atoms with Crippen LogP contribution in [-0.4, -0.2) is 36.0 Å². The molecule has 0 radical (unpaired) electrons. The number of nitrogens with one attached hydrogen (secondary N) is 2. The lowest BCUT2D eigenvalue weighted by Gasteiger charge is -2.22. The molecule has 1 amide bonds. The van der Waals surface area contributed by atoms with E-state index in [1.165, 1.54) is 0 Å². The summed E-state index contributed by atoms with van der Waals surface area (Å²) in [4.78, 5) is 12.1. The molecule has 1 saturated heterocycles. The van der Waals surface area contributed by atoms with E-state index in [0.717, 1.165) is 11.1 Å². The van der Waals surface area contributed by atoms with Gasteiger partial charge in [-0.2, -0.15) is 0 Å². The Labute approximate surface area is 152 Å². The van der Waals surface area contributed by atoms with Gasteiger partial charge in [-0.3, -0.25) is 0 Å². The molecule has 0 unspecified atom stereocenters. The van der Waals surface area contributed by atoms with Crippen molar-refractivity contribution in [3.63, 3.8) is 0 Å². The maximum absolute atomic E-state index is 12.1. The van der Waals surface area contributed by atoms with Crippen molar-refractivity contribution in [1.29, 1.82) is 0 Å². The van der Waals surface area contributed by atoms with Gasteiger partial charge in [-0.05, 0) is 29.7 Å². The number of halogens is 1. The van der Waals surface area contributed by atoms with Crippen LogP contribution in [0, 0.1) is 0 Å².